The van der Waals surface area contributed by atoms with Crippen LogP contribution in [-0.2, 0) is 0 Å². The van der Waals surface area contributed by atoms with Crippen molar-refractivity contribution in [3.05, 3.63) is 30.3 Å². The van der Waals surface area contributed by atoms with Crippen LogP contribution >= 0.6 is 0 Å². The Labute approximate surface area is 122 Å². The Balaban J connectivity index is 2.72. The Bertz CT molecular complexity index is 423. The van der Waals surface area contributed by atoms with Gasteiger partial charge in [0, 0.05) is 31.4 Å². The zero-order valence-corrected chi connectivity index (χ0v) is 12.6. The lowest BCUT2D eigenvalue weighted by molar-refractivity contribution is 0.0645. The van der Waals surface area contributed by atoms with E-state index in [0.717, 1.165) is 5.69 Å². The Morgan fingerprint density at radius 1 is 1.35 bits per heavy atom. The fourth-order valence-corrected chi connectivity index (χ4v) is 2.01. The molecule has 20 heavy (non-hydrogen) atoms. The quantitative estimate of drug-likeness (QED) is 0.763. The molecule has 1 unspecified atom stereocenters. The lowest BCUT2D eigenvalue weighted by Gasteiger charge is -2.33. The van der Waals surface area contributed by atoms with E-state index in [1.165, 1.54) is 0 Å². The smallest absolute Gasteiger partial charge is 0.0917 e. The van der Waals surface area contributed by atoms with Gasteiger partial charge in [-0.05, 0) is 19.1 Å². The second-order valence-electron chi connectivity index (χ2n) is 5.70. The Kier molecular flexibility index (Phi) is 6.50. The van der Waals surface area contributed by atoms with Crippen molar-refractivity contribution in [2.75, 3.05) is 24.5 Å². The van der Waals surface area contributed by atoms with Crippen molar-refractivity contribution >= 4 is 5.69 Å². The first kappa shape index (κ1) is 16.5. The van der Waals surface area contributed by atoms with E-state index >= 15 is 0 Å². The van der Waals surface area contributed by atoms with Crippen LogP contribution in [0.15, 0.2) is 30.3 Å². The van der Waals surface area contributed by atoms with Crippen molar-refractivity contribution in [3.63, 3.8) is 0 Å². The first-order chi connectivity index (χ1) is 9.44. The highest BCUT2D eigenvalue weighted by Gasteiger charge is 2.24. The molecule has 0 aliphatic heterocycles. The number of rotatable bonds is 8. The molecule has 0 aliphatic carbocycles. The molecule has 2 N–H and O–H groups in total. The van der Waals surface area contributed by atoms with Crippen LogP contribution in [0.2, 0.25) is 0 Å². The molecule has 110 valence electrons. The zero-order chi connectivity index (χ0) is 15.0. The predicted octanol–water partition coefficient (Wildman–Crippen LogP) is 2.16. The maximum absolute atomic E-state index is 10.5. The number of nitrogens with zero attached hydrogens (tertiary/aromatic N) is 2. The van der Waals surface area contributed by atoms with Crippen LogP contribution in [-0.4, -0.2) is 36.4 Å². The number of benzene rings is 1. The van der Waals surface area contributed by atoms with Gasteiger partial charge in [0.05, 0.1) is 18.1 Å². The van der Waals surface area contributed by atoms with Gasteiger partial charge in [0.1, 0.15) is 0 Å². The van der Waals surface area contributed by atoms with Gasteiger partial charge in [0.15, 0.2) is 0 Å². The Morgan fingerprint density at radius 3 is 2.55 bits per heavy atom. The van der Waals surface area contributed by atoms with E-state index in [1.54, 1.807) is 0 Å². The molecule has 0 fully saturated rings. The van der Waals surface area contributed by atoms with E-state index < -0.39 is 5.60 Å². The summed E-state index contributed by atoms with van der Waals surface area (Å²) in [6.07, 6.45) is 0.447. The van der Waals surface area contributed by atoms with E-state index in [2.05, 4.69) is 30.1 Å². The van der Waals surface area contributed by atoms with Crippen LogP contribution in [0.4, 0.5) is 5.69 Å². The fraction of sp³-hybridized carbons (Fsp3) is 0.562. The molecule has 0 aromatic heterocycles. The maximum atomic E-state index is 10.5. The van der Waals surface area contributed by atoms with E-state index in [-0.39, 0.29) is 0 Å². The van der Waals surface area contributed by atoms with Gasteiger partial charge in [-0.3, -0.25) is 0 Å². The van der Waals surface area contributed by atoms with E-state index in [4.69, 9.17) is 5.26 Å². The van der Waals surface area contributed by atoms with Crippen molar-refractivity contribution in [1.82, 2.24) is 5.32 Å². The Morgan fingerprint density at radius 2 is 2.00 bits per heavy atom. The lowest BCUT2D eigenvalue weighted by Crippen LogP contribution is -2.49. The Hall–Kier alpha value is -1.57. The van der Waals surface area contributed by atoms with E-state index in [1.807, 2.05) is 37.3 Å². The molecule has 0 aliphatic rings. The van der Waals surface area contributed by atoms with Crippen molar-refractivity contribution in [1.29, 1.82) is 5.26 Å². The summed E-state index contributed by atoms with van der Waals surface area (Å²) in [6.45, 7) is 7.59. The molecular weight excluding hydrogens is 250 g/mol. The van der Waals surface area contributed by atoms with Gasteiger partial charge in [-0.25, -0.2) is 0 Å². The van der Waals surface area contributed by atoms with Crippen molar-refractivity contribution in [3.8, 4) is 6.07 Å². The molecule has 1 aromatic rings. The SMILES string of the molecule is CC(C)NCC(C)(O)CN(CCC#N)c1ccccc1. The van der Waals surface area contributed by atoms with Gasteiger partial charge >= 0.3 is 0 Å². The third-order valence-electron chi connectivity index (χ3n) is 3.04. The highest BCUT2D eigenvalue weighted by Crippen LogP contribution is 2.17. The second-order valence-corrected chi connectivity index (χ2v) is 5.70. The minimum Gasteiger partial charge on any atom is -0.387 e. The monoisotopic (exact) mass is 275 g/mol. The van der Waals surface area contributed by atoms with Crippen LogP contribution in [0.5, 0.6) is 0 Å². The summed E-state index contributed by atoms with van der Waals surface area (Å²) >= 11 is 0. The summed E-state index contributed by atoms with van der Waals surface area (Å²) < 4.78 is 0. The molecule has 0 heterocycles. The molecule has 1 atom stereocenters. The average molecular weight is 275 g/mol. The standard InChI is InChI=1S/C16H25N3O/c1-14(2)18-12-16(3,20)13-19(11-7-10-17)15-8-5-4-6-9-15/h4-6,8-9,14,18,20H,7,11-13H2,1-3H3. The van der Waals surface area contributed by atoms with Crippen LogP contribution < -0.4 is 10.2 Å². The molecule has 0 bridgehead atoms. The molecule has 0 amide bonds. The predicted molar refractivity (Wildman–Crippen MR) is 82.6 cm³/mol. The number of hydrogen-bond donors (Lipinski definition) is 2. The number of hydrogen-bond acceptors (Lipinski definition) is 4. The summed E-state index contributed by atoms with van der Waals surface area (Å²) in [4.78, 5) is 2.06. The number of anilines is 1. The van der Waals surface area contributed by atoms with Gasteiger partial charge in [0.2, 0.25) is 0 Å². The molecule has 0 saturated carbocycles. The summed E-state index contributed by atoms with van der Waals surface area (Å²) in [7, 11) is 0. The van der Waals surface area contributed by atoms with Crippen LogP contribution in [0.3, 0.4) is 0 Å². The summed E-state index contributed by atoms with van der Waals surface area (Å²) in [5.74, 6) is 0. The summed E-state index contributed by atoms with van der Waals surface area (Å²) in [6, 6.07) is 12.4. The van der Waals surface area contributed by atoms with Crippen LogP contribution in [0.25, 0.3) is 0 Å². The second kappa shape index (κ2) is 7.88. The first-order valence-electron chi connectivity index (χ1n) is 7.07. The normalized spacial score (nSPS) is 13.8. The molecule has 0 spiro atoms. The van der Waals surface area contributed by atoms with Gasteiger partial charge in [0.25, 0.3) is 0 Å². The highest BCUT2D eigenvalue weighted by atomic mass is 16.3. The van der Waals surface area contributed by atoms with Gasteiger partial charge in [-0.1, -0.05) is 32.0 Å². The topological polar surface area (TPSA) is 59.3 Å². The number of para-hydroxylation sites is 1. The van der Waals surface area contributed by atoms with Crippen LogP contribution in [0, 0.1) is 11.3 Å². The van der Waals surface area contributed by atoms with Gasteiger partial charge in [-0.15, -0.1) is 0 Å². The lowest BCUT2D eigenvalue weighted by atomic mass is 10.1. The van der Waals surface area contributed by atoms with E-state index in [9.17, 15) is 5.11 Å². The third-order valence-corrected chi connectivity index (χ3v) is 3.04. The van der Waals surface area contributed by atoms with Crippen molar-refractivity contribution in [2.45, 2.75) is 38.8 Å². The number of nitrogens with one attached hydrogen (secondary N) is 1. The highest BCUT2D eigenvalue weighted by molar-refractivity contribution is 5.46. The largest absolute Gasteiger partial charge is 0.387 e. The molecule has 1 rings (SSSR count). The minimum atomic E-state index is -0.838. The minimum absolute atomic E-state index is 0.339. The van der Waals surface area contributed by atoms with Gasteiger partial charge in [-0.2, -0.15) is 5.26 Å². The number of aliphatic hydroxyl groups is 1. The fourth-order valence-electron chi connectivity index (χ4n) is 2.01. The average Bonchev–Trinajstić information content (AvgIpc) is 2.42. The molecule has 1 aromatic carbocycles. The molecule has 0 saturated heterocycles. The van der Waals surface area contributed by atoms with E-state index in [0.29, 0.717) is 32.1 Å². The van der Waals surface area contributed by atoms with Gasteiger partial charge < -0.3 is 15.3 Å². The molecular formula is C16H25N3O. The molecule has 4 nitrogen and oxygen atoms in total. The van der Waals surface area contributed by atoms with Crippen LogP contribution in [0.1, 0.15) is 27.2 Å². The maximum Gasteiger partial charge on any atom is 0.0917 e. The molecule has 0 radical (unpaired) electrons. The van der Waals surface area contributed by atoms with Crippen molar-refractivity contribution < 1.29 is 5.11 Å². The van der Waals surface area contributed by atoms with Crippen molar-refractivity contribution in [2.24, 2.45) is 0 Å². The number of nitriles is 1. The summed E-state index contributed by atoms with van der Waals surface area (Å²) in [5.41, 5.74) is 0.197. The first-order valence-corrected chi connectivity index (χ1v) is 7.07. The summed E-state index contributed by atoms with van der Waals surface area (Å²) in [5, 5.41) is 22.5. The third kappa shape index (κ3) is 6.05. The molecule has 4 heteroatoms. The zero-order valence-electron chi connectivity index (χ0n) is 12.6.